The number of aromatic nitrogens is 2. The second kappa shape index (κ2) is 6.69. The van der Waals surface area contributed by atoms with Crippen LogP contribution in [0.4, 0.5) is 0 Å². The summed E-state index contributed by atoms with van der Waals surface area (Å²) in [4.78, 5) is 18.4. The predicted octanol–water partition coefficient (Wildman–Crippen LogP) is 0.708. The highest BCUT2D eigenvalue weighted by Gasteiger charge is 2.10. The number of imidazole rings is 1. The molecule has 0 aliphatic heterocycles. The summed E-state index contributed by atoms with van der Waals surface area (Å²) in [5.41, 5.74) is 2.28. The Balaban J connectivity index is 2.10. The van der Waals surface area contributed by atoms with E-state index in [1.54, 1.807) is 25.4 Å². The lowest BCUT2D eigenvalue weighted by Gasteiger charge is -2.10. The molecule has 0 radical (unpaired) electrons. The number of rotatable bonds is 6. The topological polar surface area (TPSA) is 70.4 Å². The smallest absolute Gasteiger partial charge is 0.251 e. The van der Waals surface area contributed by atoms with Gasteiger partial charge in [-0.3, -0.25) is 4.79 Å². The minimum atomic E-state index is -0.434. The quantitative estimate of drug-likeness (QED) is 0.822. The highest BCUT2D eigenvalue weighted by atomic mass is 16.3. The van der Waals surface area contributed by atoms with Crippen LogP contribution in [0.1, 0.15) is 17.3 Å². The summed E-state index contributed by atoms with van der Waals surface area (Å²) in [6.45, 7) is 3.64. The SMILES string of the molecule is C[C@H](O)Cn1cnc2cc(C(=O)NCCN(C)C)ccc21. The molecule has 2 aromatic rings. The largest absolute Gasteiger partial charge is 0.392 e. The Morgan fingerprint density at radius 3 is 2.90 bits per heavy atom. The summed E-state index contributed by atoms with van der Waals surface area (Å²) in [5, 5.41) is 12.3. The number of fused-ring (bicyclic) bond motifs is 1. The van der Waals surface area contributed by atoms with E-state index in [-0.39, 0.29) is 5.91 Å². The molecule has 0 saturated heterocycles. The van der Waals surface area contributed by atoms with Gasteiger partial charge in [-0.1, -0.05) is 0 Å². The molecule has 0 saturated carbocycles. The van der Waals surface area contributed by atoms with Crippen molar-refractivity contribution in [2.24, 2.45) is 0 Å². The second-order valence-electron chi connectivity index (χ2n) is 5.51. The monoisotopic (exact) mass is 290 g/mol. The van der Waals surface area contributed by atoms with Crippen molar-refractivity contribution in [3.8, 4) is 0 Å². The number of hydrogen-bond donors (Lipinski definition) is 2. The first-order chi connectivity index (χ1) is 9.97. The van der Waals surface area contributed by atoms with E-state index in [2.05, 4.69) is 10.3 Å². The van der Waals surface area contributed by atoms with E-state index in [1.165, 1.54) is 0 Å². The first-order valence-corrected chi connectivity index (χ1v) is 7.03. The van der Waals surface area contributed by atoms with Crippen molar-refractivity contribution in [1.82, 2.24) is 19.8 Å². The minimum absolute atomic E-state index is 0.0937. The Labute approximate surface area is 124 Å². The molecule has 1 atom stereocenters. The fourth-order valence-electron chi connectivity index (χ4n) is 2.13. The molecule has 6 heteroatoms. The summed E-state index contributed by atoms with van der Waals surface area (Å²) >= 11 is 0. The number of hydrogen-bond acceptors (Lipinski definition) is 4. The lowest BCUT2D eigenvalue weighted by Crippen LogP contribution is -2.31. The third kappa shape index (κ3) is 4.03. The summed E-state index contributed by atoms with van der Waals surface area (Å²) in [6, 6.07) is 5.43. The number of nitrogens with zero attached hydrogens (tertiary/aromatic N) is 3. The Bertz CT molecular complexity index is 619. The molecule has 0 fully saturated rings. The molecule has 0 bridgehead atoms. The Morgan fingerprint density at radius 2 is 2.24 bits per heavy atom. The fraction of sp³-hybridized carbons (Fsp3) is 0.467. The lowest BCUT2D eigenvalue weighted by molar-refractivity contribution is 0.0951. The Hall–Kier alpha value is -1.92. The average molecular weight is 290 g/mol. The highest BCUT2D eigenvalue weighted by Crippen LogP contribution is 2.15. The standard InChI is InChI=1S/C15H22N4O2/c1-11(20)9-19-10-17-13-8-12(4-5-14(13)19)15(21)16-6-7-18(2)3/h4-5,8,10-11,20H,6-7,9H2,1-3H3,(H,16,21)/t11-/m0/s1. The normalized spacial score (nSPS) is 12.8. The molecule has 114 valence electrons. The van der Waals surface area contributed by atoms with Gasteiger partial charge in [0.25, 0.3) is 5.91 Å². The molecular formula is C15H22N4O2. The Kier molecular flexibility index (Phi) is 4.93. The van der Waals surface area contributed by atoms with Crippen molar-refractivity contribution in [2.75, 3.05) is 27.2 Å². The van der Waals surface area contributed by atoms with Gasteiger partial charge in [-0.2, -0.15) is 0 Å². The maximum absolute atomic E-state index is 12.1. The number of nitrogens with one attached hydrogen (secondary N) is 1. The van der Waals surface area contributed by atoms with Gasteiger partial charge in [-0.05, 0) is 39.2 Å². The van der Waals surface area contributed by atoms with E-state index < -0.39 is 6.10 Å². The summed E-state index contributed by atoms with van der Waals surface area (Å²) < 4.78 is 1.88. The van der Waals surface area contributed by atoms with Gasteiger partial charge in [0.05, 0.1) is 23.5 Å². The Morgan fingerprint density at radius 1 is 1.48 bits per heavy atom. The van der Waals surface area contributed by atoms with Crippen LogP contribution < -0.4 is 5.32 Å². The third-order valence-corrected chi connectivity index (χ3v) is 3.19. The van der Waals surface area contributed by atoms with Crippen molar-refractivity contribution < 1.29 is 9.90 Å². The van der Waals surface area contributed by atoms with Crippen LogP contribution in [0.3, 0.4) is 0 Å². The van der Waals surface area contributed by atoms with Crippen LogP contribution in [-0.2, 0) is 6.54 Å². The van der Waals surface area contributed by atoms with E-state index in [1.807, 2.05) is 29.6 Å². The number of aliphatic hydroxyl groups excluding tert-OH is 1. The average Bonchev–Trinajstić information content (AvgIpc) is 2.80. The van der Waals surface area contributed by atoms with Crippen molar-refractivity contribution >= 4 is 16.9 Å². The summed E-state index contributed by atoms with van der Waals surface area (Å²) in [7, 11) is 3.93. The van der Waals surface area contributed by atoms with Crippen LogP contribution in [0.2, 0.25) is 0 Å². The molecule has 0 unspecified atom stereocenters. The van der Waals surface area contributed by atoms with Crippen molar-refractivity contribution in [3.63, 3.8) is 0 Å². The molecule has 21 heavy (non-hydrogen) atoms. The van der Waals surface area contributed by atoms with Gasteiger partial charge in [0.1, 0.15) is 0 Å². The first-order valence-electron chi connectivity index (χ1n) is 7.03. The molecule has 1 heterocycles. The van der Waals surface area contributed by atoms with Crippen LogP contribution >= 0.6 is 0 Å². The molecule has 1 amide bonds. The molecule has 0 aliphatic rings. The minimum Gasteiger partial charge on any atom is -0.392 e. The number of likely N-dealkylation sites (N-methyl/N-ethyl adjacent to an activating group) is 1. The zero-order valence-electron chi connectivity index (χ0n) is 12.7. The van der Waals surface area contributed by atoms with E-state index in [0.717, 1.165) is 17.6 Å². The van der Waals surface area contributed by atoms with E-state index in [9.17, 15) is 9.90 Å². The number of carbonyl (C=O) groups excluding carboxylic acids is 1. The third-order valence-electron chi connectivity index (χ3n) is 3.19. The molecule has 2 rings (SSSR count). The van der Waals surface area contributed by atoms with Gasteiger partial charge in [0, 0.05) is 25.2 Å². The van der Waals surface area contributed by atoms with E-state index in [0.29, 0.717) is 18.7 Å². The maximum atomic E-state index is 12.1. The zero-order chi connectivity index (χ0) is 15.4. The molecule has 1 aromatic carbocycles. The molecule has 0 aliphatic carbocycles. The van der Waals surface area contributed by atoms with Crippen LogP contribution in [0.5, 0.6) is 0 Å². The number of benzene rings is 1. The maximum Gasteiger partial charge on any atom is 0.251 e. The first kappa shape index (κ1) is 15.5. The van der Waals surface area contributed by atoms with Crippen molar-refractivity contribution in [3.05, 3.63) is 30.1 Å². The highest BCUT2D eigenvalue weighted by molar-refractivity contribution is 5.97. The number of amides is 1. The number of aliphatic hydroxyl groups is 1. The second-order valence-corrected chi connectivity index (χ2v) is 5.51. The van der Waals surface area contributed by atoms with Crippen LogP contribution in [0.15, 0.2) is 24.5 Å². The van der Waals surface area contributed by atoms with E-state index in [4.69, 9.17) is 0 Å². The van der Waals surface area contributed by atoms with Crippen LogP contribution in [0.25, 0.3) is 11.0 Å². The van der Waals surface area contributed by atoms with Crippen molar-refractivity contribution in [1.29, 1.82) is 0 Å². The van der Waals surface area contributed by atoms with Gasteiger partial charge < -0.3 is 19.9 Å². The summed E-state index contributed by atoms with van der Waals surface area (Å²) in [6.07, 6.45) is 1.25. The number of carbonyl (C=O) groups is 1. The van der Waals surface area contributed by atoms with Crippen LogP contribution in [-0.4, -0.2) is 58.8 Å². The lowest BCUT2D eigenvalue weighted by atomic mass is 10.2. The van der Waals surface area contributed by atoms with Crippen molar-refractivity contribution in [2.45, 2.75) is 19.6 Å². The molecule has 2 N–H and O–H groups in total. The van der Waals surface area contributed by atoms with Crippen LogP contribution in [0, 0.1) is 0 Å². The van der Waals surface area contributed by atoms with Gasteiger partial charge in [0.15, 0.2) is 0 Å². The molecule has 0 spiro atoms. The van der Waals surface area contributed by atoms with Gasteiger partial charge in [-0.15, -0.1) is 0 Å². The van der Waals surface area contributed by atoms with E-state index >= 15 is 0 Å². The summed E-state index contributed by atoms with van der Waals surface area (Å²) in [5.74, 6) is -0.0937. The van der Waals surface area contributed by atoms with Gasteiger partial charge >= 0.3 is 0 Å². The zero-order valence-corrected chi connectivity index (χ0v) is 12.7. The predicted molar refractivity (Wildman–Crippen MR) is 82.3 cm³/mol. The molecule has 6 nitrogen and oxygen atoms in total. The van der Waals surface area contributed by atoms with Gasteiger partial charge in [-0.25, -0.2) is 4.98 Å². The fourth-order valence-corrected chi connectivity index (χ4v) is 2.13. The molecule has 1 aromatic heterocycles. The molecular weight excluding hydrogens is 268 g/mol. The van der Waals surface area contributed by atoms with Gasteiger partial charge in [0.2, 0.25) is 0 Å².